The number of aromatic nitrogens is 1. The molecule has 1 saturated carbocycles. The first kappa shape index (κ1) is 12.6. The molecule has 0 aliphatic heterocycles. The molecule has 0 amide bonds. The Bertz CT molecular complexity index is 310. The van der Waals surface area contributed by atoms with E-state index in [2.05, 4.69) is 29.4 Å². The van der Waals surface area contributed by atoms with Crippen molar-refractivity contribution in [2.24, 2.45) is 0 Å². The van der Waals surface area contributed by atoms with Crippen molar-refractivity contribution in [3.63, 3.8) is 0 Å². The van der Waals surface area contributed by atoms with Gasteiger partial charge in [-0.3, -0.25) is 4.98 Å². The van der Waals surface area contributed by atoms with Crippen LogP contribution in [0.3, 0.4) is 0 Å². The van der Waals surface area contributed by atoms with E-state index in [1.165, 1.54) is 50.5 Å². The van der Waals surface area contributed by atoms with Gasteiger partial charge < -0.3 is 5.32 Å². The average molecular weight is 232 g/mol. The lowest BCUT2D eigenvalue weighted by Crippen LogP contribution is -2.29. The molecule has 1 aromatic heterocycles. The van der Waals surface area contributed by atoms with Gasteiger partial charge in [0.2, 0.25) is 0 Å². The predicted molar refractivity (Wildman–Crippen MR) is 71.9 cm³/mol. The highest BCUT2D eigenvalue weighted by molar-refractivity contribution is 5.12. The number of nitrogens with one attached hydrogen (secondary N) is 1. The van der Waals surface area contributed by atoms with Gasteiger partial charge in [0.25, 0.3) is 0 Å². The molecule has 0 unspecified atom stereocenters. The lowest BCUT2D eigenvalue weighted by Gasteiger charge is -2.20. The van der Waals surface area contributed by atoms with Gasteiger partial charge in [0.1, 0.15) is 0 Å². The molecule has 2 heteroatoms. The van der Waals surface area contributed by atoms with Crippen LogP contribution in [0.15, 0.2) is 18.3 Å². The Balaban J connectivity index is 1.77. The predicted octanol–water partition coefficient (Wildman–Crippen LogP) is 3.59. The number of rotatable bonds is 3. The summed E-state index contributed by atoms with van der Waals surface area (Å²) >= 11 is 0. The first-order valence-electron chi connectivity index (χ1n) is 6.99. The van der Waals surface area contributed by atoms with Crippen molar-refractivity contribution < 1.29 is 0 Å². The molecule has 0 aromatic carbocycles. The molecule has 1 aliphatic rings. The van der Waals surface area contributed by atoms with E-state index in [9.17, 15) is 0 Å². The second-order valence-electron chi connectivity index (χ2n) is 5.25. The Hall–Kier alpha value is -0.890. The number of nitrogens with zero attached hydrogens (tertiary/aromatic N) is 1. The van der Waals surface area contributed by atoms with Crippen LogP contribution in [0.2, 0.25) is 0 Å². The fourth-order valence-corrected chi connectivity index (χ4v) is 2.51. The fraction of sp³-hybridized carbons (Fsp3) is 0.667. The van der Waals surface area contributed by atoms with Crippen LogP contribution in [0.5, 0.6) is 0 Å². The summed E-state index contributed by atoms with van der Waals surface area (Å²) in [4.78, 5) is 4.44. The standard InChI is InChI=1S/C15H24N2/c1-13-9-10-15(16-11-13)12-17-14-7-5-3-2-4-6-8-14/h9-11,14,17H,2-8,12H2,1H3. The number of aryl methyl sites for hydroxylation is 1. The fourth-order valence-electron chi connectivity index (χ4n) is 2.51. The largest absolute Gasteiger partial charge is 0.308 e. The molecular formula is C15H24N2. The molecule has 0 bridgehead atoms. The van der Waals surface area contributed by atoms with Crippen molar-refractivity contribution >= 4 is 0 Å². The Morgan fingerprint density at radius 3 is 2.47 bits per heavy atom. The molecule has 1 aliphatic carbocycles. The smallest absolute Gasteiger partial charge is 0.0541 e. The van der Waals surface area contributed by atoms with E-state index in [1.54, 1.807) is 0 Å². The Kier molecular flexibility index (Phi) is 4.99. The summed E-state index contributed by atoms with van der Waals surface area (Å²) in [7, 11) is 0. The molecular weight excluding hydrogens is 208 g/mol. The minimum atomic E-state index is 0.707. The summed E-state index contributed by atoms with van der Waals surface area (Å²) in [5.41, 5.74) is 2.40. The molecule has 0 saturated heterocycles. The third-order valence-corrected chi connectivity index (χ3v) is 3.65. The van der Waals surface area contributed by atoms with Crippen molar-refractivity contribution in [3.8, 4) is 0 Å². The van der Waals surface area contributed by atoms with Crippen LogP contribution in [0.4, 0.5) is 0 Å². The SMILES string of the molecule is Cc1ccc(CNC2CCCCCCC2)nc1. The van der Waals surface area contributed by atoms with Gasteiger partial charge >= 0.3 is 0 Å². The van der Waals surface area contributed by atoms with E-state index < -0.39 is 0 Å². The normalized spacial score (nSPS) is 18.6. The lowest BCUT2D eigenvalue weighted by atomic mass is 9.97. The number of hydrogen-bond donors (Lipinski definition) is 1. The molecule has 1 N–H and O–H groups in total. The molecule has 1 heterocycles. The molecule has 2 rings (SSSR count). The van der Waals surface area contributed by atoms with E-state index in [-0.39, 0.29) is 0 Å². The highest BCUT2D eigenvalue weighted by Crippen LogP contribution is 2.17. The lowest BCUT2D eigenvalue weighted by molar-refractivity contribution is 0.387. The van der Waals surface area contributed by atoms with Crippen LogP contribution in [0.25, 0.3) is 0 Å². The zero-order chi connectivity index (χ0) is 11.9. The van der Waals surface area contributed by atoms with E-state index in [0.29, 0.717) is 6.04 Å². The number of hydrogen-bond acceptors (Lipinski definition) is 2. The summed E-state index contributed by atoms with van der Waals surface area (Å²) in [6, 6.07) is 4.98. The van der Waals surface area contributed by atoms with Crippen LogP contribution >= 0.6 is 0 Å². The van der Waals surface area contributed by atoms with Gasteiger partial charge in [-0.25, -0.2) is 0 Å². The highest BCUT2D eigenvalue weighted by Gasteiger charge is 2.10. The molecule has 0 spiro atoms. The summed E-state index contributed by atoms with van der Waals surface area (Å²) in [5, 5.41) is 3.66. The van der Waals surface area contributed by atoms with E-state index in [4.69, 9.17) is 0 Å². The third-order valence-electron chi connectivity index (χ3n) is 3.65. The quantitative estimate of drug-likeness (QED) is 0.861. The monoisotopic (exact) mass is 232 g/mol. The maximum atomic E-state index is 4.44. The van der Waals surface area contributed by atoms with Gasteiger partial charge in [0.15, 0.2) is 0 Å². The van der Waals surface area contributed by atoms with E-state index >= 15 is 0 Å². The van der Waals surface area contributed by atoms with Crippen LogP contribution in [-0.2, 0) is 6.54 Å². The van der Waals surface area contributed by atoms with Crippen molar-refractivity contribution in [3.05, 3.63) is 29.6 Å². The second kappa shape index (κ2) is 6.75. The topological polar surface area (TPSA) is 24.9 Å². The van der Waals surface area contributed by atoms with Crippen LogP contribution < -0.4 is 5.32 Å². The van der Waals surface area contributed by atoms with Gasteiger partial charge in [-0.15, -0.1) is 0 Å². The first-order valence-corrected chi connectivity index (χ1v) is 6.99. The van der Waals surface area contributed by atoms with E-state index in [0.717, 1.165) is 12.2 Å². The van der Waals surface area contributed by atoms with Gasteiger partial charge in [0, 0.05) is 18.8 Å². The molecule has 0 radical (unpaired) electrons. The van der Waals surface area contributed by atoms with Gasteiger partial charge in [-0.1, -0.05) is 38.2 Å². The maximum Gasteiger partial charge on any atom is 0.0541 e. The van der Waals surface area contributed by atoms with E-state index in [1.807, 2.05) is 6.20 Å². The average Bonchev–Trinajstić information content (AvgIpc) is 2.30. The van der Waals surface area contributed by atoms with Crippen molar-refractivity contribution in [1.82, 2.24) is 10.3 Å². The molecule has 1 fully saturated rings. The van der Waals surface area contributed by atoms with Gasteiger partial charge in [0.05, 0.1) is 5.69 Å². The Labute approximate surface area is 105 Å². The van der Waals surface area contributed by atoms with Crippen molar-refractivity contribution in [2.45, 2.75) is 64.5 Å². The van der Waals surface area contributed by atoms with Gasteiger partial charge in [-0.05, 0) is 31.4 Å². The molecule has 94 valence electrons. The Morgan fingerprint density at radius 2 is 1.82 bits per heavy atom. The maximum absolute atomic E-state index is 4.44. The third kappa shape index (κ3) is 4.47. The molecule has 1 aromatic rings. The van der Waals surface area contributed by atoms with Crippen LogP contribution in [-0.4, -0.2) is 11.0 Å². The second-order valence-corrected chi connectivity index (χ2v) is 5.25. The minimum Gasteiger partial charge on any atom is -0.308 e. The van der Waals surface area contributed by atoms with Crippen molar-refractivity contribution in [2.75, 3.05) is 0 Å². The van der Waals surface area contributed by atoms with Crippen molar-refractivity contribution in [1.29, 1.82) is 0 Å². The Morgan fingerprint density at radius 1 is 1.12 bits per heavy atom. The number of pyridine rings is 1. The summed E-state index contributed by atoms with van der Waals surface area (Å²) in [5.74, 6) is 0. The molecule has 0 atom stereocenters. The zero-order valence-electron chi connectivity index (χ0n) is 10.9. The molecule has 2 nitrogen and oxygen atoms in total. The highest BCUT2D eigenvalue weighted by atomic mass is 14.9. The summed E-state index contributed by atoms with van der Waals surface area (Å²) in [6.45, 7) is 3.00. The molecule has 17 heavy (non-hydrogen) atoms. The zero-order valence-corrected chi connectivity index (χ0v) is 10.9. The van der Waals surface area contributed by atoms with Crippen LogP contribution in [0.1, 0.15) is 56.2 Å². The summed E-state index contributed by atoms with van der Waals surface area (Å²) < 4.78 is 0. The van der Waals surface area contributed by atoms with Gasteiger partial charge in [-0.2, -0.15) is 0 Å². The summed E-state index contributed by atoms with van der Waals surface area (Å²) in [6.07, 6.45) is 11.7. The van der Waals surface area contributed by atoms with Crippen LogP contribution in [0, 0.1) is 6.92 Å². The first-order chi connectivity index (χ1) is 8.34. The minimum absolute atomic E-state index is 0.707.